The number of rotatable bonds is 14. The van der Waals surface area contributed by atoms with E-state index in [9.17, 15) is 19.2 Å². The molecule has 1 aliphatic carbocycles. The number of alkyl carbamates (subject to hydrolysis) is 2. The quantitative estimate of drug-likeness (QED) is 0.0909. The number of imidazole rings is 1. The van der Waals surface area contributed by atoms with E-state index in [1.165, 1.54) is 5.56 Å². The van der Waals surface area contributed by atoms with Crippen LogP contribution < -0.4 is 16.0 Å². The van der Waals surface area contributed by atoms with Crippen molar-refractivity contribution in [3.63, 3.8) is 0 Å². The summed E-state index contributed by atoms with van der Waals surface area (Å²) >= 11 is 0. The largest absolute Gasteiger partial charge is 0.444 e. The first-order valence-electron chi connectivity index (χ1n) is 21.3. The molecular weight excluding hydrogens is 763 g/mol. The monoisotopic (exact) mass is 823 g/mol. The predicted molar refractivity (Wildman–Crippen MR) is 227 cm³/mol. The molecule has 3 heterocycles. The molecule has 14 nitrogen and oxygen atoms in total. The zero-order valence-electron chi connectivity index (χ0n) is 35.8. The number of aryl methyl sites for hydroxylation is 1. The number of likely N-dealkylation sites (tertiary alicyclic amines) is 1. The van der Waals surface area contributed by atoms with E-state index in [1.54, 1.807) is 58.6 Å². The maximum atomic E-state index is 13.1. The highest BCUT2D eigenvalue weighted by molar-refractivity contribution is 5.87. The first kappa shape index (κ1) is 43.9. The fourth-order valence-electron chi connectivity index (χ4n) is 7.91. The van der Waals surface area contributed by atoms with Crippen LogP contribution in [0.1, 0.15) is 145 Å². The van der Waals surface area contributed by atoms with Gasteiger partial charge in [-0.25, -0.2) is 19.6 Å². The Morgan fingerprint density at radius 2 is 1.50 bits per heavy atom. The molecule has 4 aromatic rings. The number of aromatic amines is 1. The minimum absolute atomic E-state index is 0.131. The molecule has 4 N–H and O–H groups in total. The normalized spacial score (nSPS) is 18.7. The number of H-pyrrole nitrogens is 1. The summed E-state index contributed by atoms with van der Waals surface area (Å²) in [5, 5.41) is 8.25. The number of amides is 4. The number of hydrogen-bond donors (Lipinski definition) is 4. The molecule has 0 radical (unpaired) electrons. The van der Waals surface area contributed by atoms with Crippen LogP contribution in [0.25, 0.3) is 11.3 Å². The van der Waals surface area contributed by atoms with Gasteiger partial charge < -0.3 is 39.7 Å². The van der Waals surface area contributed by atoms with Crippen molar-refractivity contribution in [1.29, 1.82) is 0 Å². The molecule has 2 fully saturated rings. The van der Waals surface area contributed by atoms with E-state index in [4.69, 9.17) is 13.9 Å². The second-order valence-corrected chi connectivity index (χ2v) is 17.9. The van der Waals surface area contributed by atoms with Gasteiger partial charge in [0.2, 0.25) is 17.7 Å². The molecule has 4 amide bonds. The van der Waals surface area contributed by atoms with Crippen molar-refractivity contribution >= 4 is 24.0 Å². The number of ether oxygens (including phenoxy) is 2. The van der Waals surface area contributed by atoms with Crippen molar-refractivity contribution in [3.8, 4) is 11.3 Å². The highest BCUT2D eigenvalue weighted by Crippen LogP contribution is 2.42. The van der Waals surface area contributed by atoms with Crippen LogP contribution in [-0.4, -0.2) is 74.7 Å². The molecule has 14 heteroatoms. The average molecular weight is 824 g/mol. The molecule has 0 bridgehead atoms. The van der Waals surface area contributed by atoms with Crippen LogP contribution in [0.2, 0.25) is 0 Å². The zero-order valence-corrected chi connectivity index (χ0v) is 35.8. The molecule has 2 atom stereocenters. The van der Waals surface area contributed by atoms with E-state index in [0.29, 0.717) is 30.5 Å². The Morgan fingerprint density at radius 1 is 0.817 bits per heavy atom. The molecule has 322 valence electrons. The molecule has 60 heavy (non-hydrogen) atoms. The second-order valence-electron chi connectivity index (χ2n) is 17.9. The fraction of sp³-hybridized carbons (Fsp3) is 0.522. The van der Waals surface area contributed by atoms with Gasteiger partial charge in [-0.05, 0) is 116 Å². The Bertz CT molecular complexity index is 2040. The van der Waals surface area contributed by atoms with E-state index in [2.05, 4.69) is 55.2 Å². The summed E-state index contributed by atoms with van der Waals surface area (Å²) in [5.41, 5.74) is 2.74. The van der Waals surface area contributed by atoms with Crippen LogP contribution >= 0.6 is 0 Å². The van der Waals surface area contributed by atoms with Crippen molar-refractivity contribution in [2.45, 2.75) is 134 Å². The fourth-order valence-corrected chi connectivity index (χ4v) is 7.91. The molecule has 2 unspecified atom stereocenters. The number of carbonyl (C=O) groups excluding carboxylic acids is 4. The minimum Gasteiger partial charge on any atom is -0.444 e. The van der Waals surface area contributed by atoms with Gasteiger partial charge in [0, 0.05) is 25.4 Å². The lowest BCUT2D eigenvalue weighted by atomic mass is 9.78. The van der Waals surface area contributed by atoms with Gasteiger partial charge >= 0.3 is 12.2 Å². The third kappa shape index (κ3) is 12.4. The SMILES string of the molecule is CC(C)(C)OC(=O)NCC(=O)N1CCCC1c1ncc(C2CCC(c3ccc(-c4cnc(CCCCNC(=O)C(NC(=O)OC(C)(C)C)c5ccccc5)[nH]4)cc3)CC2)o1. The zero-order chi connectivity index (χ0) is 42.9. The topological polar surface area (TPSA) is 181 Å². The standard InChI is InChI=1S/C46H61N7O7/c1-45(2,3)59-43(56)50-29-39(54)53-26-12-15-36(53)42-49-28-37(58-42)33-23-19-31(20-24-33)30-17-21-32(22-18-30)35-27-48-38(51-35)16-10-11-25-47-41(55)40(34-13-8-7-9-14-34)52-44(57)60-46(4,5)6/h7-9,13-14,17-18,21-22,27-28,31,33,36,40H,10-12,15-16,19-20,23-26,29H2,1-6H3,(H,47,55)(H,48,51)(H,50,56)(H,52,57). The van der Waals surface area contributed by atoms with Crippen molar-refractivity contribution in [2.24, 2.45) is 0 Å². The Kier molecular flexibility index (Phi) is 14.3. The van der Waals surface area contributed by atoms with Crippen LogP contribution in [0.15, 0.2) is 71.4 Å². The molecule has 0 spiro atoms. The maximum absolute atomic E-state index is 13.1. The summed E-state index contributed by atoms with van der Waals surface area (Å²) in [6.07, 6.45) is 10.5. The van der Waals surface area contributed by atoms with Gasteiger partial charge in [-0.15, -0.1) is 0 Å². The Morgan fingerprint density at radius 3 is 2.20 bits per heavy atom. The van der Waals surface area contributed by atoms with Gasteiger partial charge in [0.25, 0.3) is 0 Å². The third-order valence-corrected chi connectivity index (χ3v) is 10.8. The van der Waals surface area contributed by atoms with E-state index < -0.39 is 29.4 Å². The number of oxazole rings is 1. The van der Waals surface area contributed by atoms with Crippen LogP contribution in [0.5, 0.6) is 0 Å². The van der Waals surface area contributed by atoms with Crippen LogP contribution in [0.3, 0.4) is 0 Å². The van der Waals surface area contributed by atoms with Gasteiger partial charge in [-0.3, -0.25) is 9.59 Å². The summed E-state index contributed by atoms with van der Waals surface area (Å²) in [6, 6.07) is 16.8. The first-order valence-corrected chi connectivity index (χ1v) is 21.3. The van der Waals surface area contributed by atoms with Crippen molar-refractivity contribution in [3.05, 3.63) is 95.6 Å². The third-order valence-electron chi connectivity index (χ3n) is 10.8. The number of nitrogens with one attached hydrogen (secondary N) is 4. The lowest BCUT2D eigenvalue weighted by Gasteiger charge is -2.27. The first-order chi connectivity index (χ1) is 28.6. The summed E-state index contributed by atoms with van der Waals surface area (Å²) in [4.78, 5) is 65.1. The van der Waals surface area contributed by atoms with Gasteiger partial charge in [0.1, 0.15) is 41.4 Å². The summed E-state index contributed by atoms with van der Waals surface area (Å²) in [5.74, 6) is 2.63. The van der Waals surface area contributed by atoms with Gasteiger partial charge in [-0.2, -0.15) is 0 Å². The number of benzene rings is 2. The molecule has 6 rings (SSSR count). The smallest absolute Gasteiger partial charge is 0.408 e. The molecule has 2 aromatic heterocycles. The number of carbonyl (C=O) groups is 4. The number of aromatic nitrogens is 3. The maximum Gasteiger partial charge on any atom is 0.408 e. The van der Waals surface area contributed by atoms with Gasteiger partial charge in [-0.1, -0.05) is 54.6 Å². The molecular formula is C46H61N7O7. The molecule has 1 aliphatic heterocycles. The van der Waals surface area contributed by atoms with Crippen LogP contribution in [0.4, 0.5) is 9.59 Å². The van der Waals surface area contributed by atoms with Crippen molar-refractivity contribution in [2.75, 3.05) is 19.6 Å². The van der Waals surface area contributed by atoms with E-state index in [1.807, 2.05) is 30.6 Å². The highest BCUT2D eigenvalue weighted by Gasteiger charge is 2.35. The van der Waals surface area contributed by atoms with Gasteiger partial charge in [0.05, 0.1) is 18.1 Å². The molecule has 2 aromatic carbocycles. The summed E-state index contributed by atoms with van der Waals surface area (Å²) in [7, 11) is 0. The van der Waals surface area contributed by atoms with Crippen LogP contribution in [0, 0.1) is 0 Å². The molecule has 1 saturated heterocycles. The Balaban J connectivity index is 0.924. The molecule has 2 aliphatic rings. The number of nitrogens with zero attached hydrogens (tertiary/aromatic N) is 3. The average Bonchev–Trinajstić information content (AvgIpc) is 4.00. The minimum atomic E-state index is -0.860. The van der Waals surface area contributed by atoms with Crippen LogP contribution in [-0.2, 0) is 25.5 Å². The summed E-state index contributed by atoms with van der Waals surface area (Å²) in [6.45, 7) is 11.6. The second kappa shape index (κ2) is 19.6. The van der Waals surface area contributed by atoms with Gasteiger partial charge in [0.15, 0.2) is 0 Å². The highest BCUT2D eigenvalue weighted by atomic mass is 16.6. The lowest BCUT2D eigenvalue weighted by molar-refractivity contribution is -0.131. The number of hydrogen-bond acceptors (Lipinski definition) is 9. The summed E-state index contributed by atoms with van der Waals surface area (Å²) < 4.78 is 17.0. The van der Waals surface area contributed by atoms with E-state index in [0.717, 1.165) is 80.6 Å². The van der Waals surface area contributed by atoms with Crippen molar-refractivity contribution < 1.29 is 33.1 Å². The lowest BCUT2D eigenvalue weighted by Crippen LogP contribution is -2.42. The Hall–Kier alpha value is -5.66. The number of unbranched alkanes of at least 4 members (excludes halogenated alkanes) is 1. The molecule has 1 saturated carbocycles. The predicted octanol–water partition coefficient (Wildman–Crippen LogP) is 8.40. The van der Waals surface area contributed by atoms with Crippen molar-refractivity contribution in [1.82, 2.24) is 35.8 Å². The van der Waals surface area contributed by atoms with E-state index >= 15 is 0 Å². The van der Waals surface area contributed by atoms with E-state index in [-0.39, 0.29) is 30.3 Å². The Labute approximate surface area is 353 Å².